The second-order valence-corrected chi connectivity index (χ2v) is 3.27. The van der Waals surface area contributed by atoms with E-state index < -0.39 is 12.2 Å². The normalized spacial score (nSPS) is 15.1. The molecule has 4 nitrogen and oxygen atoms in total. The van der Waals surface area contributed by atoms with Crippen molar-refractivity contribution >= 4 is 11.4 Å². The summed E-state index contributed by atoms with van der Waals surface area (Å²) in [5, 5.41) is 19.2. The molecule has 0 bridgehead atoms. The van der Waals surface area contributed by atoms with Gasteiger partial charge >= 0.3 is 0 Å². The van der Waals surface area contributed by atoms with Gasteiger partial charge in [-0.05, 0) is 18.6 Å². The van der Waals surface area contributed by atoms with Gasteiger partial charge in [0.2, 0.25) is 0 Å². The molecule has 14 heavy (non-hydrogen) atoms. The Morgan fingerprint density at radius 2 is 1.71 bits per heavy atom. The van der Waals surface area contributed by atoms with Gasteiger partial charge in [-0.1, -0.05) is 13.0 Å². The van der Waals surface area contributed by atoms with Crippen LogP contribution in [0.2, 0.25) is 0 Å². The summed E-state index contributed by atoms with van der Waals surface area (Å²) in [5.41, 5.74) is 12.6. The van der Waals surface area contributed by atoms with E-state index in [0.717, 1.165) is 0 Å². The fourth-order valence-corrected chi connectivity index (χ4v) is 1.36. The smallest absolute Gasteiger partial charge is 0.109 e. The lowest BCUT2D eigenvalue weighted by Crippen LogP contribution is -2.19. The molecule has 78 valence electrons. The van der Waals surface area contributed by atoms with Gasteiger partial charge < -0.3 is 21.7 Å². The SMILES string of the molecule is CCC(O)C(O)c1c(N)cccc1N. The van der Waals surface area contributed by atoms with Crippen LogP contribution in [0.5, 0.6) is 0 Å². The minimum Gasteiger partial charge on any atom is -0.398 e. The first-order chi connectivity index (χ1) is 6.57. The summed E-state index contributed by atoms with van der Waals surface area (Å²) >= 11 is 0. The van der Waals surface area contributed by atoms with Crippen molar-refractivity contribution in [2.75, 3.05) is 11.5 Å². The van der Waals surface area contributed by atoms with Crippen LogP contribution < -0.4 is 11.5 Å². The second kappa shape index (κ2) is 4.30. The maximum absolute atomic E-state index is 9.74. The molecule has 1 aromatic rings. The second-order valence-electron chi connectivity index (χ2n) is 3.27. The summed E-state index contributed by atoms with van der Waals surface area (Å²) in [7, 11) is 0. The summed E-state index contributed by atoms with van der Waals surface area (Å²) in [5.74, 6) is 0. The maximum atomic E-state index is 9.74. The van der Waals surface area contributed by atoms with Crippen molar-refractivity contribution in [2.24, 2.45) is 0 Å². The lowest BCUT2D eigenvalue weighted by molar-refractivity contribution is 0.0173. The van der Waals surface area contributed by atoms with E-state index in [1.54, 1.807) is 25.1 Å². The van der Waals surface area contributed by atoms with Gasteiger partial charge in [0.25, 0.3) is 0 Å². The molecule has 1 aromatic carbocycles. The molecule has 0 aromatic heterocycles. The van der Waals surface area contributed by atoms with Crippen LogP contribution in [-0.4, -0.2) is 16.3 Å². The predicted molar refractivity (Wildman–Crippen MR) is 56.5 cm³/mol. The Kier molecular flexibility index (Phi) is 3.33. The number of hydrogen-bond acceptors (Lipinski definition) is 4. The molecule has 0 amide bonds. The van der Waals surface area contributed by atoms with Crippen molar-refractivity contribution < 1.29 is 10.2 Å². The Bertz CT molecular complexity index is 295. The number of aliphatic hydroxyl groups excluding tert-OH is 2. The van der Waals surface area contributed by atoms with Gasteiger partial charge in [0.15, 0.2) is 0 Å². The van der Waals surface area contributed by atoms with Crippen LogP contribution in [0, 0.1) is 0 Å². The van der Waals surface area contributed by atoms with Crippen LogP contribution in [0.4, 0.5) is 11.4 Å². The number of aliphatic hydroxyl groups is 2. The minimum atomic E-state index is -1.01. The van der Waals surface area contributed by atoms with E-state index in [0.29, 0.717) is 23.4 Å². The first-order valence-electron chi connectivity index (χ1n) is 4.58. The highest BCUT2D eigenvalue weighted by atomic mass is 16.3. The first kappa shape index (κ1) is 10.8. The standard InChI is InChI=1S/C10H16N2O2/c1-2-8(13)10(14)9-6(11)4-3-5-7(9)12/h3-5,8,10,13-14H,2,11-12H2,1H3. The van der Waals surface area contributed by atoms with Gasteiger partial charge in [0, 0.05) is 16.9 Å². The molecular weight excluding hydrogens is 180 g/mol. The van der Waals surface area contributed by atoms with Crippen molar-refractivity contribution in [1.29, 1.82) is 0 Å². The molecule has 4 heteroatoms. The largest absolute Gasteiger partial charge is 0.398 e. The van der Waals surface area contributed by atoms with Crippen molar-refractivity contribution in [3.8, 4) is 0 Å². The van der Waals surface area contributed by atoms with Crippen molar-refractivity contribution in [2.45, 2.75) is 25.6 Å². The predicted octanol–water partition coefficient (Wildman–Crippen LogP) is 0.655. The van der Waals surface area contributed by atoms with Crippen LogP contribution in [0.15, 0.2) is 18.2 Å². The number of benzene rings is 1. The summed E-state index contributed by atoms with van der Waals surface area (Å²) in [6, 6.07) is 5.01. The molecule has 0 saturated carbocycles. The average molecular weight is 196 g/mol. The van der Waals surface area contributed by atoms with Gasteiger partial charge in [-0.2, -0.15) is 0 Å². The lowest BCUT2D eigenvalue weighted by Gasteiger charge is -2.19. The molecule has 2 unspecified atom stereocenters. The van der Waals surface area contributed by atoms with E-state index in [9.17, 15) is 10.2 Å². The Hall–Kier alpha value is -1.26. The third-order valence-corrected chi connectivity index (χ3v) is 2.25. The quantitative estimate of drug-likeness (QED) is 0.534. The molecule has 2 atom stereocenters. The zero-order valence-corrected chi connectivity index (χ0v) is 8.14. The van der Waals surface area contributed by atoms with Crippen LogP contribution in [0.3, 0.4) is 0 Å². The van der Waals surface area contributed by atoms with E-state index in [2.05, 4.69) is 0 Å². The Morgan fingerprint density at radius 1 is 1.21 bits per heavy atom. The number of nitrogen functional groups attached to an aromatic ring is 2. The number of rotatable bonds is 3. The molecule has 0 aliphatic rings. The van der Waals surface area contributed by atoms with E-state index in [-0.39, 0.29) is 0 Å². The topological polar surface area (TPSA) is 92.5 Å². The van der Waals surface area contributed by atoms with Crippen LogP contribution in [0.1, 0.15) is 25.0 Å². The van der Waals surface area contributed by atoms with Gasteiger partial charge in [0.05, 0.1) is 6.10 Å². The Labute approximate surface area is 83.2 Å². The van der Waals surface area contributed by atoms with Crippen LogP contribution in [0.25, 0.3) is 0 Å². The van der Waals surface area contributed by atoms with E-state index in [4.69, 9.17) is 11.5 Å². The molecule has 6 N–H and O–H groups in total. The Balaban J connectivity index is 3.05. The van der Waals surface area contributed by atoms with Crippen molar-refractivity contribution in [1.82, 2.24) is 0 Å². The zero-order chi connectivity index (χ0) is 10.7. The number of hydrogen-bond donors (Lipinski definition) is 4. The Morgan fingerprint density at radius 3 is 2.14 bits per heavy atom. The number of nitrogens with two attached hydrogens (primary N) is 2. The summed E-state index contributed by atoms with van der Waals surface area (Å²) < 4.78 is 0. The summed E-state index contributed by atoms with van der Waals surface area (Å²) in [4.78, 5) is 0. The van der Waals surface area contributed by atoms with Crippen LogP contribution >= 0.6 is 0 Å². The monoisotopic (exact) mass is 196 g/mol. The van der Waals surface area contributed by atoms with Crippen molar-refractivity contribution in [3.63, 3.8) is 0 Å². The van der Waals surface area contributed by atoms with Crippen molar-refractivity contribution in [3.05, 3.63) is 23.8 Å². The molecular formula is C10H16N2O2. The maximum Gasteiger partial charge on any atom is 0.109 e. The lowest BCUT2D eigenvalue weighted by atomic mass is 9.99. The molecule has 0 spiro atoms. The molecule has 0 saturated heterocycles. The highest BCUT2D eigenvalue weighted by Gasteiger charge is 2.20. The summed E-state index contributed by atoms with van der Waals surface area (Å²) in [6.07, 6.45) is -1.39. The van der Waals surface area contributed by atoms with E-state index in [1.165, 1.54) is 0 Å². The minimum absolute atomic E-state index is 0.407. The third-order valence-electron chi connectivity index (χ3n) is 2.25. The molecule has 0 heterocycles. The van der Waals surface area contributed by atoms with Gasteiger partial charge in [-0.3, -0.25) is 0 Å². The molecule has 0 radical (unpaired) electrons. The molecule has 0 aliphatic carbocycles. The molecule has 0 aliphatic heterocycles. The molecule has 1 rings (SSSR count). The summed E-state index contributed by atoms with van der Waals surface area (Å²) in [6.45, 7) is 1.78. The van der Waals surface area contributed by atoms with Gasteiger partial charge in [0.1, 0.15) is 6.10 Å². The fraction of sp³-hybridized carbons (Fsp3) is 0.400. The average Bonchev–Trinajstić information content (AvgIpc) is 2.16. The van der Waals surface area contributed by atoms with Crippen LogP contribution in [-0.2, 0) is 0 Å². The fourth-order valence-electron chi connectivity index (χ4n) is 1.36. The zero-order valence-electron chi connectivity index (χ0n) is 8.14. The number of anilines is 2. The van der Waals surface area contributed by atoms with Gasteiger partial charge in [-0.25, -0.2) is 0 Å². The first-order valence-corrected chi connectivity index (χ1v) is 4.58. The van der Waals surface area contributed by atoms with E-state index >= 15 is 0 Å². The highest BCUT2D eigenvalue weighted by Crippen LogP contribution is 2.29. The van der Waals surface area contributed by atoms with Gasteiger partial charge in [-0.15, -0.1) is 0 Å². The van der Waals surface area contributed by atoms with E-state index in [1.807, 2.05) is 0 Å². The highest BCUT2D eigenvalue weighted by molar-refractivity contribution is 5.62. The molecule has 0 fully saturated rings. The third kappa shape index (κ3) is 1.97.